The highest BCUT2D eigenvalue weighted by atomic mass is 16.6. The van der Waals surface area contributed by atoms with E-state index in [0.29, 0.717) is 0 Å². The number of nitrogens with one attached hydrogen (secondary N) is 2. The number of esters is 2. The number of alkyl carbamates (subject to hydrolysis) is 1. The summed E-state index contributed by atoms with van der Waals surface area (Å²) in [6.45, 7) is 8.63. The molecule has 0 fully saturated rings. The predicted octanol–water partition coefficient (Wildman–Crippen LogP) is 2.86. The van der Waals surface area contributed by atoms with Crippen LogP contribution in [0.25, 0.3) is 0 Å². The molecular weight excluding hydrogens is 416 g/mol. The molecule has 0 bridgehead atoms. The molecule has 0 saturated carbocycles. The number of hydrogen-bond acceptors (Lipinski definition) is 7. The summed E-state index contributed by atoms with van der Waals surface area (Å²) < 4.78 is 15.4. The first-order chi connectivity index (χ1) is 15.0. The second-order valence-corrected chi connectivity index (χ2v) is 8.23. The fourth-order valence-corrected chi connectivity index (χ4v) is 2.63. The van der Waals surface area contributed by atoms with Gasteiger partial charge in [0.15, 0.2) is 0 Å². The lowest BCUT2D eigenvalue weighted by atomic mass is 10.1. The molecule has 32 heavy (non-hydrogen) atoms. The smallest absolute Gasteiger partial charge is 0.408 e. The third-order valence-electron chi connectivity index (χ3n) is 4.11. The maximum absolute atomic E-state index is 12.6. The summed E-state index contributed by atoms with van der Waals surface area (Å²) >= 11 is 0. The molecule has 1 aromatic rings. The van der Waals surface area contributed by atoms with Crippen molar-refractivity contribution >= 4 is 23.9 Å². The van der Waals surface area contributed by atoms with E-state index in [2.05, 4.69) is 10.6 Å². The monoisotopic (exact) mass is 450 g/mol. The van der Waals surface area contributed by atoms with Crippen LogP contribution in [-0.2, 0) is 35.2 Å². The molecular formula is C23H34N2O7. The molecule has 9 heteroatoms. The normalized spacial score (nSPS) is 12.8. The Balaban J connectivity index is 2.63. The fourth-order valence-electron chi connectivity index (χ4n) is 2.63. The van der Waals surface area contributed by atoms with Gasteiger partial charge in [-0.1, -0.05) is 30.3 Å². The van der Waals surface area contributed by atoms with Gasteiger partial charge in [-0.2, -0.15) is 0 Å². The number of benzene rings is 1. The molecule has 0 aliphatic rings. The highest BCUT2D eigenvalue weighted by Gasteiger charge is 2.26. The Bertz CT molecular complexity index is 759. The molecule has 2 atom stereocenters. The molecule has 2 amide bonds. The summed E-state index contributed by atoms with van der Waals surface area (Å²) in [5, 5.41) is 5.06. The molecule has 2 N–H and O–H groups in total. The van der Waals surface area contributed by atoms with E-state index in [1.165, 1.54) is 6.92 Å². The maximum Gasteiger partial charge on any atom is 0.408 e. The zero-order valence-corrected chi connectivity index (χ0v) is 19.4. The van der Waals surface area contributed by atoms with Gasteiger partial charge in [0, 0.05) is 6.42 Å². The molecule has 9 nitrogen and oxygen atoms in total. The summed E-state index contributed by atoms with van der Waals surface area (Å²) in [5.74, 6) is -1.51. The van der Waals surface area contributed by atoms with Crippen LogP contribution in [-0.4, -0.2) is 48.2 Å². The molecule has 0 radical (unpaired) electrons. The summed E-state index contributed by atoms with van der Waals surface area (Å²) in [6.07, 6.45) is -0.252. The van der Waals surface area contributed by atoms with Crippen molar-refractivity contribution in [2.45, 2.75) is 78.2 Å². The largest absolute Gasteiger partial charge is 0.464 e. The van der Waals surface area contributed by atoms with E-state index in [1.807, 2.05) is 30.3 Å². The van der Waals surface area contributed by atoms with Gasteiger partial charge < -0.3 is 24.8 Å². The van der Waals surface area contributed by atoms with E-state index in [9.17, 15) is 19.2 Å². The van der Waals surface area contributed by atoms with Crippen LogP contribution < -0.4 is 10.6 Å². The van der Waals surface area contributed by atoms with Crippen molar-refractivity contribution in [1.82, 2.24) is 10.6 Å². The molecule has 0 aliphatic heterocycles. The van der Waals surface area contributed by atoms with Crippen LogP contribution in [0, 0.1) is 0 Å². The summed E-state index contributed by atoms with van der Waals surface area (Å²) in [4.78, 5) is 48.4. The number of carbonyl (C=O) groups excluding carboxylic acids is 4. The zero-order valence-electron chi connectivity index (χ0n) is 19.4. The average molecular weight is 451 g/mol. The van der Waals surface area contributed by atoms with Crippen molar-refractivity contribution in [1.29, 1.82) is 0 Å². The average Bonchev–Trinajstić information content (AvgIpc) is 2.70. The molecule has 178 valence electrons. The summed E-state index contributed by atoms with van der Waals surface area (Å²) in [5.41, 5.74) is 0.0790. The van der Waals surface area contributed by atoms with Crippen LogP contribution in [0.3, 0.4) is 0 Å². The Kier molecular flexibility index (Phi) is 11.2. The van der Waals surface area contributed by atoms with Crippen LogP contribution in [0.4, 0.5) is 4.79 Å². The van der Waals surface area contributed by atoms with Crippen LogP contribution in [0.5, 0.6) is 0 Å². The summed E-state index contributed by atoms with van der Waals surface area (Å²) in [6, 6.07) is 7.40. The second kappa shape index (κ2) is 13.3. The van der Waals surface area contributed by atoms with Gasteiger partial charge in [-0.25, -0.2) is 14.4 Å². The van der Waals surface area contributed by atoms with E-state index in [1.54, 1.807) is 27.7 Å². The second-order valence-electron chi connectivity index (χ2n) is 8.23. The van der Waals surface area contributed by atoms with Crippen molar-refractivity contribution in [3.63, 3.8) is 0 Å². The zero-order chi connectivity index (χ0) is 24.1. The van der Waals surface area contributed by atoms with E-state index in [4.69, 9.17) is 14.2 Å². The molecule has 0 aromatic heterocycles. The minimum absolute atomic E-state index is 0.0577. The highest BCUT2D eigenvalue weighted by Crippen LogP contribution is 2.10. The third kappa shape index (κ3) is 11.3. The van der Waals surface area contributed by atoms with E-state index in [-0.39, 0.29) is 38.4 Å². The number of ether oxygens (including phenoxy) is 3. The highest BCUT2D eigenvalue weighted by molar-refractivity contribution is 5.84. The van der Waals surface area contributed by atoms with Gasteiger partial charge in [0.1, 0.15) is 24.3 Å². The standard InChI is InChI=1S/C23H34N2O7/c1-6-30-20(27)16(2)24-19(26)14-10-13-18(25-22(29)32-23(3,4)5)21(28)31-15-17-11-8-7-9-12-17/h7-9,11-12,16,18H,6,10,13-15H2,1-5H3,(H,24,26)(H,25,29)/t16-,18-/m0/s1. The van der Waals surface area contributed by atoms with E-state index < -0.39 is 35.7 Å². The minimum atomic E-state index is -0.983. The van der Waals surface area contributed by atoms with Crippen molar-refractivity contribution < 1.29 is 33.4 Å². The van der Waals surface area contributed by atoms with Gasteiger partial charge in [0.05, 0.1) is 6.61 Å². The Morgan fingerprint density at radius 3 is 2.22 bits per heavy atom. The molecule has 0 spiro atoms. The first-order valence-electron chi connectivity index (χ1n) is 10.7. The minimum Gasteiger partial charge on any atom is -0.464 e. The van der Waals surface area contributed by atoms with Crippen LogP contribution in [0.2, 0.25) is 0 Å². The molecule has 1 aromatic carbocycles. The Morgan fingerprint density at radius 1 is 0.969 bits per heavy atom. The first kappa shape index (κ1) is 26.9. The Labute approximate surface area is 189 Å². The molecule has 0 aliphatic carbocycles. The topological polar surface area (TPSA) is 120 Å². The third-order valence-corrected chi connectivity index (χ3v) is 4.11. The number of rotatable bonds is 11. The summed E-state index contributed by atoms with van der Waals surface area (Å²) in [7, 11) is 0. The lowest BCUT2D eigenvalue weighted by molar-refractivity contribution is -0.147. The first-order valence-corrected chi connectivity index (χ1v) is 10.7. The van der Waals surface area contributed by atoms with Gasteiger partial charge in [0.2, 0.25) is 5.91 Å². The van der Waals surface area contributed by atoms with Gasteiger partial charge in [-0.05, 0) is 53.0 Å². The fraction of sp³-hybridized carbons (Fsp3) is 0.565. The van der Waals surface area contributed by atoms with E-state index in [0.717, 1.165) is 5.56 Å². The van der Waals surface area contributed by atoms with Gasteiger partial charge in [0.25, 0.3) is 0 Å². The predicted molar refractivity (Wildman–Crippen MR) is 117 cm³/mol. The Morgan fingerprint density at radius 2 is 1.62 bits per heavy atom. The Hall–Kier alpha value is -3.10. The van der Waals surface area contributed by atoms with Crippen molar-refractivity contribution in [2.24, 2.45) is 0 Å². The SMILES string of the molecule is CCOC(=O)[C@H](C)NC(=O)CCC[C@H](NC(=O)OC(C)(C)C)C(=O)OCc1ccccc1. The van der Waals surface area contributed by atoms with Gasteiger partial charge in [-0.3, -0.25) is 4.79 Å². The van der Waals surface area contributed by atoms with E-state index >= 15 is 0 Å². The van der Waals surface area contributed by atoms with Crippen LogP contribution in [0.1, 0.15) is 59.4 Å². The number of amides is 2. The number of carbonyl (C=O) groups is 4. The van der Waals surface area contributed by atoms with Gasteiger partial charge >= 0.3 is 18.0 Å². The van der Waals surface area contributed by atoms with Gasteiger partial charge in [-0.15, -0.1) is 0 Å². The molecule has 0 saturated heterocycles. The lowest BCUT2D eigenvalue weighted by Crippen LogP contribution is -2.44. The van der Waals surface area contributed by atoms with Crippen LogP contribution >= 0.6 is 0 Å². The molecule has 0 heterocycles. The maximum atomic E-state index is 12.6. The van der Waals surface area contributed by atoms with Crippen molar-refractivity contribution in [2.75, 3.05) is 6.61 Å². The molecule has 0 unspecified atom stereocenters. The van der Waals surface area contributed by atoms with Crippen LogP contribution in [0.15, 0.2) is 30.3 Å². The number of hydrogen-bond donors (Lipinski definition) is 2. The van der Waals surface area contributed by atoms with Crippen molar-refractivity contribution in [3.05, 3.63) is 35.9 Å². The van der Waals surface area contributed by atoms with Crippen molar-refractivity contribution in [3.8, 4) is 0 Å². The molecule has 1 rings (SSSR count). The quantitative estimate of drug-likeness (QED) is 0.393. The lowest BCUT2D eigenvalue weighted by Gasteiger charge is -2.23.